The molecular formula is C33H40I2N6O3U. The first-order valence-electron chi connectivity index (χ1n) is 14.7. The summed E-state index contributed by atoms with van der Waals surface area (Å²) in [4.78, 5) is 29.2. The average molecular weight is 1060 g/mol. The smallest absolute Gasteiger partial charge is 2.00 e. The Morgan fingerprint density at radius 3 is 2.67 bits per heavy atom. The van der Waals surface area contributed by atoms with Gasteiger partial charge in [-0.1, -0.05) is 0 Å². The number of anilines is 2. The molecule has 3 aliphatic rings. The van der Waals surface area contributed by atoms with Crippen LogP contribution in [0.5, 0.6) is 0 Å². The Morgan fingerprint density at radius 1 is 1.20 bits per heavy atom. The number of aromatic nitrogens is 4. The van der Waals surface area contributed by atoms with Gasteiger partial charge < -0.3 is 13.8 Å². The first-order chi connectivity index (χ1) is 20.9. The van der Waals surface area contributed by atoms with E-state index in [2.05, 4.69) is 58.9 Å². The number of aliphatic hydroxyl groups excluding tert-OH is 1. The van der Waals surface area contributed by atoms with Gasteiger partial charge in [0.1, 0.15) is 0 Å². The van der Waals surface area contributed by atoms with Crippen molar-refractivity contribution in [2.24, 2.45) is 19.5 Å². The fourth-order valence-corrected chi connectivity index (χ4v) is 18.3. The van der Waals surface area contributed by atoms with E-state index in [1.54, 1.807) is 16.3 Å². The van der Waals surface area contributed by atoms with Crippen LogP contribution in [0.2, 0.25) is 0 Å². The van der Waals surface area contributed by atoms with Crippen LogP contribution in [0.4, 0.5) is 11.5 Å². The number of hydrogen-bond acceptors (Lipinski definition) is 6. The van der Waals surface area contributed by atoms with Gasteiger partial charge in [0.15, 0.2) is 0 Å². The summed E-state index contributed by atoms with van der Waals surface area (Å²) >= 11 is -2.71. The Kier molecular flexibility index (Phi) is 10.6. The number of alkyl halides is 1. The van der Waals surface area contributed by atoms with Crippen LogP contribution in [0.3, 0.4) is 0 Å². The van der Waals surface area contributed by atoms with Gasteiger partial charge in [-0.25, -0.2) is 6.04 Å². The van der Waals surface area contributed by atoms with Crippen LogP contribution in [-0.2, 0) is 40.0 Å². The van der Waals surface area contributed by atoms with Crippen LogP contribution in [-0.4, -0.2) is 58.4 Å². The fraction of sp³-hybridized carbons (Fsp3) is 0.394. The van der Waals surface area contributed by atoms with Gasteiger partial charge in [-0.15, -0.1) is 0 Å². The van der Waals surface area contributed by atoms with Crippen molar-refractivity contribution in [2.45, 2.75) is 45.8 Å². The van der Waals surface area contributed by atoms with Gasteiger partial charge in [0.25, 0.3) is 0 Å². The molecule has 0 amide bonds. The second kappa shape index (κ2) is 13.7. The van der Waals surface area contributed by atoms with Crippen LogP contribution >= 0.6 is 40.6 Å². The van der Waals surface area contributed by atoms with Crippen LogP contribution in [0.15, 0.2) is 44.9 Å². The van der Waals surface area contributed by atoms with E-state index in [-0.39, 0.29) is 54.7 Å². The second-order valence-electron chi connectivity index (χ2n) is 12.6. The van der Waals surface area contributed by atoms with Gasteiger partial charge in [0, 0.05) is 0 Å². The van der Waals surface area contributed by atoms with Crippen molar-refractivity contribution in [2.75, 3.05) is 23.4 Å². The van der Waals surface area contributed by atoms with Gasteiger partial charge in [-0.2, -0.15) is 0 Å². The number of carbonyl (C=O) groups is 1. The van der Waals surface area contributed by atoms with E-state index < -0.39 is 40.6 Å². The Morgan fingerprint density at radius 2 is 1.96 bits per heavy atom. The van der Waals surface area contributed by atoms with Crippen LogP contribution in [0.25, 0.3) is 5.57 Å². The molecule has 238 valence electrons. The number of aryl methyl sites for hydroxylation is 2. The molecule has 2 N–H and O–H groups in total. The van der Waals surface area contributed by atoms with Gasteiger partial charge in [-0.3, -0.25) is 0 Å². The molecule has 1 aliphatic carbocycles. The monoisotopic (exact) mass is 1060 g/mol. The predicted molar refractivity (Wildman–Crippen MR) is 195 cm³/mol. The molecular weight excluding hydrogens is 1020 g/mol. The zero-order valence-corrected chi connectivity index (χ0v) is 34.9. The Balaban J connectivity index is 0.00000400. The van der Waals surface area contributed by atoms with Crippen molar-refractivity contribution in [1.29, 1.82) is 0 Å². The molecule has 0 saturated carbocycles. The molecule has 2 aliphatic heterocycles. The zero-order chi connectivity index (χ0) is 31.5. The topological polar surface area (TPSA) is 97.3 Å². The SMILES string of the molecule is [CH2-]C([CH2-])N(C)Cc1cc(Nc2cc(C3=C(CO)C(I4CCn5c(cc6c5CC(C)(C)C6)C4=O)=IC=C3)cn(C)c2=O)nn1C.[U+2]. The molecule has 0 unspecified atom stereocenters. The number of carbonyl (C=O) groups excluding carboxylic acids is 1. The molecule has 3 aromatic rings. The van der Waals surface area contributed by atoms with Gasteiger partial charge in [-0.05, 0) is 7.05 Å². The van der Waals surface area contributed by atoms with E-state index in [1.807, 2.05) is 37.3 Å². The van der Waals surface area contributed by atoms with E-state index in [1.165, 1.54) is 12.8 Å². The molecule has 0 atom stereocenters. The summed E-state index contributed by atoms with van der Waals surface area (Å²) in [6, 6.07) is 5.83. The molecule has 0 aromatic carbocycles. The molecule has 6 rings (SSSR count). The Hall–Kier alpha value is -1.31. The van der Waals surface area contributed by atoms with Crippen LogP contribution < -0.4 is 10.9 Å². The molecule has 0 bridgehead atoms. The van der Waals surface area contributed by atoms with E-state index in [0.29, 0.717) is 21.8 Å². The first kappa shape index (κ1) is 35.0. The van der Waals surface area contributed by atoms with E-state index in [9.17, 15) is 14.7 Å². The molecule has 3 aromatic heterocycles. The van der Waals surface area contributed by atoms with Crippen LogP contribution in [0.1, 0.15) is 46.9 Å². The Bertz CT molecular complexity index is 1810. The standard InChI is InChI=1S/C33H40I2N6O3.U/c1-20(2)38(5)18-23-14-29(37-40(23)7)36-26-12-22(17-39(6)32(26)44)24-8-9-34-30(25(24)19-42)35-10-11-41-27(31(35)43)13-21-15-33(3,4)16-28(21)41;/h8-9,12-14,17,20,42H,1-2,10-11,15-16,18-19H2,3-7H3,(H,36,37);/q-2;+2. The summed E-state index contributed by atoms with van der Waals surface area (Å²) < 4.78 is 10.3. The van der Waals surface area contributed by atoms with E-state index >= 15 is 0 Å². The number of aliphatic hydroxyl groups is 1. The molecule has 0 radical (unpaired) electrons. The molecule has 45 heavy (non-hydrogen) atoms. The normalized spacial score (nSPS) is 18.1. The maximum Gasteiger partial charge on any atom is 2.00 e. The summed E-state index contributed by atoms with van der Waals surface area (Å²) in [6.45, 7) is 13.9. The maximum absolute atomic E-state index is 14.0. The minimum absolute atomic E-state index is 0. The number of pyridine rings is 1. The largest absolute Gasteiger partial charge is 2.00 e. The first-order valence-corrected chi connectivity index (χ1v) is 20.7. The predicted octanol–water partition coefficient (Wildman–Crippen LogP) is 4.99. The summed E-state index contributed by atoms with van der Waals surface area (Å²) in [6.07, 6.45) is 5.93. The average Bonchev–Trinajstić information content (AvgIpc) is 3.59. The van der Waals surface area contributed by atoms with Gasteiger partial charge in [0.05, 0.1) is 0 Å². The van der Waals surface area contributed by atoms with Crippen molar-refractivity contribution in [3.8, 4) is 0 Å². The van der Waals surface area contributed by atoms with Crippen molar-refractivity contribution >= 4 is 62.9 Å². The van der Waals surface area contributed by atoms with Crippen LogP contribution in [0, 0.1) is 50.4 Å². The summed E-state index contributed by atoms with van der Waals surface area (Å²) in [7, 11) is 5.56. The third kappa shape index (κ3) is 6.84. The third-order valence-corrected chi connectivity index (χ3v) is 20.5. The number of halogens is 2. The fourth-order valence-electron chi connectivity index (χ4n) is 6.19. The second-order valence-corrected chi connectivity index (χ2v) is 22.3. The van der Waals surface area contributed by atoms with Crippen molar-refractivity contribution < 1.29 is 41.0 Å². The molecule has 0 saturated heterocycles. The molecule has 9 nitrogen and oxygen atoms in total. The summed E-state index contributed by atoms with van der Waals surface area (Å²) in [5, 5.41) is 18.5. The Labute approximate surface area is 306 Å². The number of nitrogens with one attached hydrogen (secondary N) is 1. The van der Waals surface area contributed by atoms with Crippen molar-refractivity contribution in [3.63, 3.8) is 0 Å². The van der Waals surface area contributed by atoms with E-state index in [0.717, 1.165) is 51.9 Å². The number of allylic oxidation sites excluding steroid dienone is 2. The third-order valence-electron chi connectivity index (χ3n) is 8.59. The number of hydrogen-bond donors (Lipinski definition) is 2. The molecule has 5 heterocycles. The number of rotatable bonds is 8. The summed E-state index contributed by atoms with van der Waals surface area (Å²) in [5.41, 5.74) is 7.63. The van der Waals surface area contributed by atoms with Gasteiger partial charge in [0.2, 0.25) is 0 Å². The summed E-state index contributed by atoms with van der Waals surface area (Å²) in [5.74, 6) is 0.572. The van der Waals surface area contributed by atoms with Crippen molar-refractivity contribution in [3.05, 3.63) is 92.5 Å². The molecule has 0 spiro atoms. The maximum atomic E-state index is 14.0. The van der Waals surface area contributed by atoms with Crippen molar-refractivity contribution in [1.82, 2.24) is 23.8 Å². The molecule has 12 heteroatoms. The number of fused-ring (bicyclic) bond motifs is 3. The number of nitrogens with zero attached hydrogens (tertiary/aromatic N) is 5. The minimum atomic E-state index is -2.22. The quantitative estimate of drug-likeness (QED) is 0.143. The van der Waals surface area contributed by atoms with E-state index in [4.69, 9.17) is 0 Å². The zero-order valence-electron chi connectivity index (χ0n) is 26.5. The van der Waals surface area contributed by atoms with Gasteiger partial charge >= 0.3 is 282 Å². The molecule has 0 fully saturated rings. The minimum Gasteiger partial charge on any atom is 2.00 e.